The molecule has 2 N–H and O–H groups in total. The lowest BCUT2D eigenvalue weighted by Crippen LogP contribution is -2.29. The molecule has 0 atom stereocenters. The SMILES string of the molecule is O=C(CCCN1C(=O)C(=CC=Cc2ccccc2)SC1=S)Nc1cccc(C(=O)O)c1. The molecule has 0 unspecified atom stereocenters. The molecule has 1 heterocycles. The Hall–Kier alpha value is -3.23. The van der Waals surface area contributed by atoms with Crippen LogP contribution in [-0.4, -0.2) is 38.7 Å². The lowest BCUT2D eigenvalue weighted by molar-refractivity contribution is -0.122. The first kappa shape index (κ1) is 22.5. The van der Waals surface area contributed by atoms with Crippen LogP contribution >= 0.6 is 24.0 Å². The second-order valence-corrected chi connectivity index (χ2v) is 8.34. The number of hydrogen-bond acceptors (Lipinski definition) is 5. The molecular formula is C23H20N2O4S2. The van der Waals surface area contributed by atoms with Crippen molar-refractivity contribution in [2.75, 3.05) is 11.9 Å². The molecule has 1 aliphatic heterocycles. The molecule has 1 fully saturated rings. The van der Waals surface area contributed by atoms with Crippen molar-refractivity contribution in [3.8, 4) is 0 Å². The quantitative estimate of drug-likeness (QED) is 0.451. The van der Waals surface area contributed by atoms with Crippen LogP contribution in [0.25, 0.3) is 6.08 Å². The predicted molar refractivity (Wildman–Crippen MR) is 127 cm³/mol. The van der Waals surface area contributed by atoms with Gasteiger partial charge in [-0.25, -0.2) is 4.79 Å². The zero-order valence-electron chi connectivity index (χ0n) is 16.5. The molecule has 2 aromatic rings. The van der Waals surface area contributed by atoms with Crippen LogP contribution in [0, 0.1) is 0 Å². The highest BCUT2D eigenvalue weighted by atomic mass is 32.2. The third-order valence-electron chi connectivity index (χ3n) is 4.39. The van der Waals surface area contributed by atoms with E-state index in [1.54, 1.807) is 18.2 Å². The number of thioether (sulfide) groups is 1. The fraction of sp³-hybridized carbons (Fsp3) is 0.130. The molecule has 158 valence electrons. The topological polar surface area (TPSA) is 86.7 Å². The van der Waals surface area contributed by atoms with Crippen molar-refractivity contribution in [2.45, 2.75) is 12.8 Å². The molecule has 0 radical (unpaired) electrons. The van der Waals surface area contributed by atoms with E-state index in [1.807, 2.05) is 42.5 Å². The second kappa shape index (κ2) is 10.7. The van der Waals surface area contributed by atoms with Crippen molar-refractivity contribution in [3.63, 3.8) is 0 Å². The Morgan fingerprint density at radius 3 is 2.65 bits per heavy atom. The third kappa shape index (κ3) is 6.37. The van der Waals surface area contributed by atoms with Gasteiger partial charge in [0, 0.05) is 18.7 Å². The summed E-state index contributed by atoms with van der Waals surface area (Å²) in [5.74, 6) is -1.48. The standard InChI is InChI=1S/C23H20N2O4S2/c26-20(24-18-11-5-10-17(15-18)22(28)29)13-6-14-25-21(27)19(31-23(25)30)12-4-9-16-7-2-1-3-8-16/h1-5,7-12,15H,6,13-14H2,(H,24,26)(H,28,29). The van der Waals surface area contributed by atoms with Crippen molar-refractivity contribution in [1.82, 2.24) is 4.90 Å². The van der Waals surface area contributed by atoms with Crippen LogP contribution in [-0.2, 0) is 9.59 Å². The first-order chi connectivity index (χ1) is 14.9. The number of carbonyl (C=O) groups excluding carboxylic acids is 2. The Morgan fingerprint density at radius 1 is 1.13 bits per heavy atom. The van der Waals surface area contributed by atoms with Gasteiger partial charge in [-0.2, -0.15) is 0 Å². The van der Waals surface area contributed by atoms with Gasteiger partial charge in [-0.15, -0.1) is 0 Å². The Labute approximate surface area is 189 Å². The number of anilines is 1. The number of carboxylic acid groups (broad SMARTS) is 1. The maximum atomic E-state index is 12.6. The largest absolute Gasteiger partial charge is 0.478 e. The highest BCUT2D eigenvalue weighted by Crippen LogP contribution is 2.31. The minimum Gasteiger partial charge on any atom is -0.478 e. The molecule has 0 saturated carbocycles. The summed E-state index contributed by atoms with van der Waals surface area (Å²) in [6, 6.07) is 15.8. The van der Waals surface area contributed by atoms with Crippen LogP contribution < -0.4 is 5.32 Å². The average Bonchev–Trinajstić information content (AvgIpc) is 3.02. The third-order valence-corrected chi connectivity index (χ3v) is 5.78. The number of amides is 2. The zero-order chi connectivity index (χ0) is 22.2. The van der Waals surface area contributed by atoms with Gasteiger partial charge in [0.25, 0.3) is 5.91 Å². The summed E-state index contributed by atoms with van der Waals surface area (Å²) in [6.45, 7) is 0.340. The van der Waals surface area contributed by atoms with Crippen LogP contribution in [0.2, 0.25) is 0 Å². The fourth-order valence-corrected chi connectivity index (χ4v) is 4.13. The summed E-state index contributed by atoms with van der Waals surface area (Å²) in [5, 5.41) is 11.7. The number of nitrogens with zero attached hydrogens (tertiary/aromatic N) is 1. The molecule has 0 aliphatic carbocycles. The van der Waals surface area contributed by atoms with E-state index >= 15 is 0 Å². The molecule has 0 spiro atoms. The summed E-state index contributed by atoms with van der Waals surface area (Å²) in [7, 11) is 0. The van der Waals surface area contributed by atoms with E-state index in [1.165, 1.54) is 28.8 Å². The lowest BCUT2D eigenvalue weighted by Gasteiger charge is -2.14. The van der Waals surface area contributed by atoms with Gasteiger partial charge < -0.3 is 10.4 Å². The van der Waals surface area contributed by atoms with Gasteiger partial charge in [0.1, 0.15) is 4.32 Å². The maximum absolute atomic E-state index is 12.6. The average molecular weight is 453 g/mol. The summed E-state index contributed by atoms with van der Waals surface area (Å²) < 4.78 is 0.471. The van der Waals surface area contributed by atoms with Gasteiger partial charge in [-0.3, -0.25) is 14.5 Å². The van der Waals surface area contributed by atoms with E-state index < -0.39 is 5.97 Å². The van der Waals surface area contributed by atoms with E-state index in [2.05, 4.69) is 5.32 Å². The van der Waals surface area contributed by atoms with Gasteiger partial charge in [0.15, 0.2) is 0 Å². The number of thiocarbonyl (C=S) groups is 1. The number of carboxylic acids is 1. The number of aromatic carboxylic acids is 1. The molecule has 6 nitrogen and oxygen atoms in total. The highest BCUT2D eigenvalue weighted by Gasteiger charge is 2.31. The summed E-state index contributed by atoms with van der Waals surface area (Å²) >= 11 is 6.55. The van der Waals surface area contributed by atoms with E-state index in [0.717, 1.165) is 5.56 Å². The van der Waals surface area contributed by atoms with Gasteiger partial charge in [0.05, 0.1) is 10.5 Å². The van der Waals surface area contributed by atoms with Crippen LogP contribution in [0.15, 0.2) is 71.7 Å². The molecule has 1 aliphatic rings. The van der Waals surface area contributed by atoms with Gasteiger partial charge >= 0.3 is 5.97 Å². The van der Waals surface area contributed by atoms with E-state index in [9.17, 15) is 14.4 Å². The molecule has 8 heteroatoms. The van der Waals surface area contributed by atoms with Crippen molar-refractivity contribution < 1.29 is 19.5 Å². The number of allylic oxidation sites excluding steroid dienone is 2. The molecular weight excluding hydrogens is 432 g/mol. The molecule has 2 amide bonds. The Kier molecular flexibility index (Phi) is 7.75. The lowest BCUT2D eigenvalue weighted by atomic mass is 10.2. The number of benzene rings is 2. The normalized spacial score (nSPS) is 15.1. The summed E-state index contributed by atoms with van der Waals surface area (Å²) in [6.07, 6.45) is 6.09. The molecule has 3 rings (SSSR count). The Bertz CT molecular complexity index is 1060. The smallest absolute Gasteiger partial charge is 0.335 e. The van der Waals surface area contributed by atoms with E-state index in [0.29, 0.717) is 27.9 Å². The maximum Gasteiger partial charge on any atom is 0.335 e. The van der Waals surface area contributed by atoms with Crippen molar-refractivity contribution in [2.24, 2.45) is 0 Å². The molecule has 0 aromatic heterocycles. The Morgan fingerprint density at radius 2 is 1.90 bits per heavy atom. The summed E-state index contributed by atoms with van der Waals surface area (Å²) in [5.41, 5.74) is 1.56. The van der Waals surface area contributed by atoms with Crippen LogP contribution in [0.3, 0.4) is 0 Å². The molecule has 0 bridgehead atoms. The fourth-order valence-electron chi connectivity index (χ4n) is 2.87. The number of nitrogens with one attached hydrogen (secondary N) is 1. The van der Waals surface area contributed by atoms with Gasteiger partial charge in [-0.1, -0.05) is 72.5 Å². The second-order valence-electron chi connectivity index (χ2n) is 6.66. The number of hydrogen-bond donors (Lipinski definition) is 2. The Balaban J connectivity index is 1.49. The molecule has 1 saturated heterocycles. The minimum atomic E-state index is -1.06. The van der Waals surface area contributed by atoms with E-state index in [4.69, 9.17) is 17.3 Å². The molecule has 31 heavy (non-hydrogen) atoms. The first-order valence-corrected chi connectivity index (χ1v) is 10.8. The van der Waals surface area contributed by atoms with Crippen molar-refractivity contribution in [3.05, 3.63) is 82.8 Å². The predicted octanol–water partition coefficient (Wildman–Crippen LogP) is 4.56. The monoisotopic (exact) mass is 452 g/mol. The number of rotatable bonds is 8. The number of carbonyl (C=O) groups is 3. The van der Waals surface area contributed by atoms with E-state index in [-0.39, 0.29) is 23.8 Å². The van der Waals surface area contributed by atoms with Gasteiger partial charge in [-0.05, 0) is 36.3 Å². The highest BCUT2D eigenvalue weighted by molar-refractivity contribution is 8.26. The minimum absolute atomic E-state index is 0.100. The summed E-state index contributed by atoms with van der Waals surface area (Å²) in [4.78, 5) is 37.8. The van der Waals surface area contributed by atoms with Crippen LogP contribution in [0.5, 0.6) is 0 Å². The molecule has 2 aromatic carbocycles. The van der Waals surface area contributed by atoms with Crippen LogP contribution in [0.1, 0.15) is 28.8 Å². The van der Waals surface area contributed by atoms with Gasteiger partial charge in [0.2, 0.25) is 5.91 Å². The van der Waals surface area contributed by atoms with Crippen molar-refractivity contribution >= 4 is 57.8 Å². The zero-order valence-corrected chi connectivity index (χ0v) is 18.1. The van der Waals surface area contributed by atoms with Crippen LogP contribution in [0.4, 0.5) is 5.69 Å². The van der Waals surface area contributed by atoms with Crippen molar-refractivity contribution in [1.29, 1.82) is 0 Å². The first-order valence-electron chi connectivity index (χ1n) is 9.54.